The largest absolute Gasteiger partial charge is 0.452 e. The molecule has 0 radical (unpaired) electrons. The minimum absolute atomic E-state index is 0.114. The van der Waals surface area contributed by atoms with Crippen LogP contribution >= 0.6 is 0 Å². The Morgan fingerprint density at radius 2 is 1.97 bits per heavy atom. The second-order valence-corrected chi connectivity index (χ2v) is 9.25. The molecule has 32 heavy (non-hydrogen) atoms. The number of piperidine rings is 1. The van der Waals surface area contributed by atoms with E-state index in [4.69, 9.17) is 9.72 Å². The van der Waals surface area contributed by atoms with Crippen molar-refractivity contribution in [1.29, 1.82) is 0 Å². The number of rotatable bonds is 3. The van der Waals surface area contributed by atoms with E-state index in [1.807, 2.05) is 0 Å². The molecule has 0 aliphatic carbocycles. The molecule has 1 N–H and O–H groups in total. The van der Waals surface area contributed by atoms with E-state index in [1.54, 1.807) is 4.90 Å². The van der Waals surface area contributed by atoms with Gasteiger partial charge in [-0.2, -0.15) is 0 Å². The Bertz CT molecular complexity index is 1120. The lowest BCUT2D eigenvalue weighted by molar-refractivity contribution is 0.175. The van der Waals surface area contributed by atoms with Crippen molar-refractivity contribution in [2.24, 2.45) is 0 Å². The van der Waals surface area contributed by atoms with Gasteiger partial charge in [-0.15, -0.1) is 0 Å². The van der Waals surface area contributed by atoms with Crippen molar-refractivity contribution in [2.45, 2.75) is 64.1 Å². The second kappa shape index (κ2) is 8.58. The molecule has 2 aliphatic rings. The molecule has 3 atom stereocenters. The number of aryl methyl sites for hydroxylation is 1. The fraction of sp³-hybridized carbons (Fsp3) is 0.462. The third-order valence-corrected chi connectivity index (χ3v) is 7.07. The van der Waals surface area contributed by atoms with Gasteiger partial charge in [-0.25, -0.2) is 9.78 Å². The Morgan fingerprint density at radius 1 is 1.16 bits per heavy atom. The van der Waals surface area contributed by atoms with Crippen molar-refractivity contribution in [3.05, 3.63) is 59.4 Å². The number of aromatic nitrogens is 2. The van der Waals surface area contributed by atoms with Crippen molar-refractivity contribution >= 4 is 22.8 Å². The Labute approximate surface area is 189 Å². The third-order valence-electron chi connectivity index (χ3n) is 7.07. The van der Waals surface area contributed by atoms with Crippen molar-refractivity contribution in [2.75, 3.05) is 18.6 Å². The Morgan fingerprint density at radius 3 is 2.72 bits per heavy atom. The van der Waals surface area contributed by atoms with Crippen LogP contribution in [0.25, 0.3) is 11.0 Å². The maximum Gasteiger partial charge on any atom is 0.414 e. The van der Waals surface area contributed by atoms with Crippen LogP contribution in [-0.4, -0.2) is 41.4 Å². The van der Waals surface area contributed by atoms with Crippen LogP contribution in [0.15, 0.2) is 42.5 Å². The standard InChI is InChI=1S/C26H32N4O2/c1-17-15-20(13-14-27-17)30-23-12-11-22-21(10-9-18(2)29(22)26(31)32-3)25(23)28-24(30)16-19-7-5-4-6-8-19/h4-8,11-12,17-18,20,27H,9-10,13-16H2,1-3H3/t17-,18-,20+/m0/s1. The van der Waals surface area contributed by atoms with Gasteiger partial charge < -0.3 is 14.6 Å². The number of fused-ring (bicyclic) bond motifs is 3. The van der Waals surface area contributed by atoms with Crippen LogP contribution < -0.4 is 10.2 Å². The molecule has 0 saturated carbocycles. The van der Waals surface area contributed by atoms with Gasteiger partial charge in [-0.1, -0.05) is 30.3 Å². The number of methoxy groups -OCH3 is 1. The molecule has 0 spiro atoms. The number of carbonyl (C=O) groups excluding carboxylic acids is 1. The summed E-state index contributed by atoms with van der Waals surface area (Å²) in [4.78, 5) is 19.6. The molecular weight excluding hydrogens is 400 g/mol. The first-order valence-corrected chi connectivity index (χ1v) is 11.7. The Hall–Kier alpha value is -2.86. The summed E-state index contributed by atoms with van der Waals surface area (Å²) in [5.74, 6) is 1.11. The fourth-order valence-corrected chi connectivity index (χ4v) is 5.47. The fourth-order valence-electron chi connectivity index (χ4n) is 5.47. The number of nitrogens with one attached hydrogen (secondary N) is 1. The normalized spacial score (nSPS) is 23.2. The molecule has 0 bridgehead atoms. The monoisotopic (exact) mass is 432 g/mol. The number of imidazole rings is 1. The zero-order valence-electron chi connectivity index (χ0n) is 19.2. The highest BCUT2D eigenvalue weighted by Gasteiger charge is 2.32. The summed E-state index contributed by atoms with van der Waals surface area (Å²) in [6.45, 7) is 5.37. The molecule has 1 saturated heterocycles. The summed E-state index contributed by atoms with van der Waals surface area (Å²) in [7, 11) is 1.45. The number of benzene rings is 2. The van der Waals surface area contributed by atoms with Gasteiger partial charge in [0.15, 0.2) is 0 Å². The van der Waals surface area contributed by atoms with E-state index in [2.05, 4.69) is 66.2 Å². The summed E-state index contributed by atoms with van der Waals surface area (Å²) in [5, 5.41) is 3.58. The Kier molecular flexibility index (Phi) is 5.64. The Balaban J connectivity index is 1.66. The molecule has 3 heterocycles. The van der Waals surface area contributed by atoms with Gasteiger partial charge in [0, 0.05) is 30.1 Å². The number of anilines is 1. The number of amides is 1. The summed E-state index contributed by atoms with van der Waals surface area (Å²) in [6.07, 6.45) is 4.53. The number of carbonyl (C=O) groups is 1. The quantitative estimate of drug-likeness (QED) is 0.643. The van der Waals surface area contributed by atoms with Gasteiger partial charge >= 0.3 is 6.09 Å². The van der Waals surface area contributed by atoms with Crippen molar-refractivity contribution in [3.63, 3.8) is 0 Å². The van der Waals surface area contributed by atoms with Gasteiger partial charge in [0.05, 0.1) is 23.8 Å². The molecule has 1 aromatic heterocycles. The van der Waals surface area contributed by atoms with E-state index in [1.165, 1.54) is 23.8 Å². The first-order valence-electron chi connectivity index (χ1n) is 11.7. The van der Waals surface area contributed by atoms with Crippen molar-refractivity contribution in [3.8, 4) is 0 Å². The second-order valence-electron chi connectivity index (χ2n) is 9.25. The van der Waals surface area contributed by atoms with Crippen molar-refractivity contribution < 1.29 is 9.53 Å². The van der Waals surface area contributed by atoms with Gasteiger partial charge in [0.25, 0.3) is 0 Å². The zero-order valence-corrected chi connectivity index (χ0v) is 19.2. The van der Waals surface area contributed by atoms with Crippen LogP contribution in [0.1, 0.15) is 56.1 Å². The molecule has 2 aliphatic heterocycles. The first-order chi connectivity index (χ1) is 15.6. The summed E-state index contributed by atoms with van der Waals surface area (Å²) in [5.41, 5.74) is 5.61. The lowest BCUT2D eigenvalue weighted by Gasteiger charge is -2.34. The smallest absolute Gasteiger partial charge is 0.414 e. The van der Waals surface area contributed by atoms with E-state index in [0.29, 0.717) is 12.1 Å². The van der Waals surface area contributed by atoms with Crippen LogP contribution in [0.3, 0.4) is 0 Å². The lowest BCUT2D eigenvalue weighted by Crippen LogP contribution is -2.42. The zero-order chi connectivity index (χ0) is 22.2. The maximum absolute atomic E-state index is 12.5. The topological polar surface area (TPSA) is 59.4 Å². The summed E-state index contributed by atoms with van der Waals surface area (Å²) >= 11 is 0. The number of ether oxygens (including phenoxy) is 1. The molecule has 1 fully saturated rings. The molecule has 0 unspecified atom stereocenters. The van der Waals surface area contributed by atoms with Gasteiger partial charge in [0.2, 0.25) is 0 Å². The van der Waals surface area contributed by atoms with E-state index < -0.39 is 0 Å². The molecule has 6 heteroatoms. The van der Waals surface area contributed by atoms with Crippen molar-refractivity contribution in [1.82, 2.24) is 14.9 Å². The molecule has 6 nitrogen and oxygen atoms in total. The van der Waals surface area contributed by atoms with Gasteiger partial charge in [-0.3, -0.25) is 4.90 Å². The molecule has 3 aromatic rings. The molecule has 5 rings (SSSR count). The number of nitrogens with zero attached hydrogens (tertiary/aromatic N) is 3. The van der Waals surface area contributed by atoms with E-state index in [0.717, 1.165) is 55.7 Å². The molecule has 168 valence electrons. The van der Waals surface area contributed by atoms with Gasteiger partial charge in [0.1, 0.15) is 5.82 Å². The van der Waals surface area contributed by atoms with Crippen LogP contribution in [0.4, 0.5) is 10.5 Å². The predicted molar refractivity (Wildman–Crippen MR) is 127 cm³/mol. The molecule has 1 amide bonds. The maximum atomic E-state index is 12.5. The van der Waals surface area contributed by atoms with Crippen LogP contribution in [0, 0.1) is 0 Å². The van der Waals surface area contributed by atoms with E-state index in [-0.39, 0.29) is 12.1 Å². The minimum Gasteiger partial charge on any atom is -0.452 e. The average molecular weight is 433 g/mol. The predicted octanol–water partition coefficient (Wildman–Crippen LogP) is 4.85. The highest BCUT2D eigenvalue weighted by Crippen LogP contribution is 2.38. The minimum atomic E-state index is -0.297. The molecule has 2 aromatic carbocycles. The van der Waals surface area contributed by atoms with Gasteiger partial charge in [-0.05, 0) is 63.8 Å². The highest BCUT2D eigenvalue weighted by atomic mass is 16.5. The highest BCUT2D eigenvalue weighted by molar-refractivity contribution is 5.95. The van der Waals surface area contributed by atoms with Crippen LogP contribution in [0.5, 0.6) is 0 Å². The third kappa shape index (κ3) is 3.66. The number of hydrogen-bond acceptors (Lipinski definition) is 4. The lowest BCUT2D eigenvalue weighted by atomic mass is 9.95. The molecular formula is C26H32N4O2. The van der Waals surface area contributed by atoms with Crippen LogP contribution in [-0.2, 0) is 17.6 Å². The van der Waals surface area contributed by atoms with E-state index >= 15 is 0 Å². The summed E-state index contributed by atoms with van der Waals surface area (Å²) in [6, 6.07) is 15.9. The first kappa shape index (κ1) is 21.0. The SMILES string of the molecule is COC(=O)N1c2ccc3c(nc(Cc4ccccc4)n3[C@@H]3CCN[C@@H](C)C3)c2CC[C@@H]1C. The number of hydrogen-bond donors (Lipinski definition) is 1. The average Bonchev–Trinajstić information content (AvgIpc) is 3.17. The summed E-state index contributed by atoms with van der Waals surface area (Å²) < 4.78 is 7.58. The van der Waals surface area contributed by atoms with Crippen LogP contribution in [0.2, 0.25) is 0 Å². The van der Waals surface area contributed by atoms with E-state index in [9.17, 15) is 4.79 Å².